The molecule has 6 heteroatoms. The van der Waals surface area contributed by atoms with Crippen LogP contribution in [0.25, 0.3) is 0 Å². The number of ether oxygens (including phenoxy) is 2. The number of ketones is 2. The van der Waals surface area contributed by atoms with Gasteiger partial charge in [-0.05, 0) is 43.2 Å². The average Bonchev–Trinajstić information content (AvgIpc) is 3.37. The van der Waals surface area contributed by atoms with Gasteiger partial charge in [-0.3, -0.25) is 9.59 Å². The molecule has 6 rings (SSSR count). The van der Waals surface area contributed by atoms with Crippen molar-refractivity contribution in [2.75, 3.05) is 0 Å². The molecular formula is C26H30O6. The molecule has 0 N–H and O–H groups in total. The van der Waals surface area contributed by atoms with Gasteiger partial charge in [0.2, 0.25) is 0 Å². The molecule has 170 valence electrons. The summed E-state index contributed by atoms with van der Waals surface area (Å²) in [6.07, 6.45) is 5.72. The maximum atomic E-state index is 14.0. The number of furan rings is 1. The largest absolute Gasteiger partial charge is 0.472 e. The lowest BCUT2D eigenvalue weighted by molar-refractivity contribution is -0.177. The van der Waals surface area contributed by atoms with E-state index in [0.717, 1.165) is 24.0 Å². The quantitative estimate of drug-likeness (QED) is 0.483. The number of hydrogen-bond acceptors (Lipinski definition) is 6. The van der Waals surface area contributed by atoms with Crippen molar-refractivity contribution in [3.63, 3.8) is 0 Å². The molecule has 1 saturated heterocycles. The van der Waals surface area contributed by atoms with E-state index >= 15 is 0 Å². The molecule has 32 heavy (non-hydrogen) atoms. The van der Waals surface area contributed by atoms with Crippen molar-refractivity contribution < 1.29 is 28.3 Å². The summed E-state index contributed by atoms with van der Waals surface area (Å²) in [5, 5.41) is 0. The van der Waals surface area contributed by atoms with Gasteiger partial charge in [0, 0.05) is 34.3 Å². The first-order valence-corrected chi connectivity index (χ1v) is 11.6. The number of carbonyl (C=O) groups is 3. The maximum absolute atomic E-state index is 14.0. The van der Waals surface area contributed by atoms with E-state index in [-0.39, 0.29) is 41.0 Å². The molecule has 4 unspecified atom stereocenters. The zero-order chi connectivity index (χ0) is 22.8. The lowest BCUT2D eigenvalue weighted by atomic mass is 9.37. The number of carbonyl (C=O) groups excluding carboxylic acids is 3. The van der Waals surface area contributed by atoms with Gasteiger partial charge in [-0.1, -0.05) is 27.7 Å². The standard InChI is InChI=1S/C26H30O6/c1-23(2)15-10-17(27)25(4)14(26(15,5)22-19(32-22)20(23)29)6-8-24(3)16(25)11-18(28)31-21(24)13-7-9-30-12-13/h7,9,11-12,14-15,19,21-22H,6,8,10H2,1-5H3/t14?,15?,19?,21-,22?,24+,25+,26+/m0/s1. The number of cyclic esters (lactones) is 1. The third-order valence-electron chi connectivity index (χ3n) is 10.1. The van der Waals surface area contributed by atoms with Crippen LogP contribution in [0.1, 0.15) is 65.5 Å². The summed E-state index contributed by atoms with van der Waals surface area (Å²) in [5.41, 5.74) is -0.516. The highest BCUT2D eigenvalue weighted by Crippen LogP contribution is 2.73. The molecule has 5 aliphatic rings. The fraction of sp³-hybridized carbons (Fsp3) is 0.654. The lowest BCUT2D eigenvalue weighted by Gasteiger charge is -2.65. The van der Waals surface area contributed by atoms with Crippen LogP contribution in [0.5, 0.6) is 0 Å². The smallest absolute Gasteiger partial charge is 0.331 e. The van der Waals surface area contributed by atoms with Crippen molar-refractivity contribution in [3.8, 4) is 0 Å². The van der Waals surface area contributed by atoms with Crippen LogP contribution < -0.4 is 0 Å². The normalized spacial score (nSPS) is 48.6. The van der Waals surface area contributed by atoms with Crippen LogP contribution in [0, 0.1) is 33.5 Å². The number of hydrogen-bond donors (Lipinski definition) is 0. The Labute approximate surface area is 187 Å². The summed E-state index contributed by atoms with van der Waals surface area (Å²) >= 11 is 0. The first-order chi connectivity index (χ1) is 15.0. The molecule has 0 radical (unpaired) electrons. The SMILES string of the molecule is CC1(C)C(=O)C2OC2[C@@]2(C)C1CC(=O)[C@@]1(C)C3=CC(=O)O[C@@H](c4ccoc4)[C@]3(C)CCC12. The predicted octanol–water partition coefficient (Wildman–Crippen LogP) is 4.20. The van der Waals surface area contributed by atoms with Crippen LogP contribution in [0.2, 0.25) is 0 Å². The number of epoxide rings is 1. The van der Waals surface area contributed by atoms with Crippen LogP contribution in [-0.2, 0) is 23.9 Å². The Morgan fingerprint density at radius 1 is 1.03 bits per heavy atom. The molecule has 1 aromatic rings. The van der Waals surface area contributed by atoms with E-state index < -0.39 is 28.3 Å². The molecule has 6 nitrogen and oxygen atoms in total. The summed E-state index contributed by atoms with van der Waals surface area (Å²) in [5.74, 6) is -0.226. The molecule has 0 bridgehead atoms. The molecule has 3 aliphatic carbocycles. The van der Waals surface area contributed by atoms with Gasteiger partial charge < -0.3 is 13.9 Å². The van der Waals surface area contributed by atoms with E-state index in [2.05, 4.69) is 13.8 Å². The van der Waals surface area contributed by atoms with Gasteiger partial charge in [-0.2, -0.15) is 0 Å². The van der Waals surface area contributed by atoms with Crippen molar-refractivity contribution in [2.24, 2.45) is 33.5 Å². The van der Waals surface area contributed by atoms with E-state index in [4.69, 9.17) is 13.9 Å². The molecule has 2 aliphatic heterocycles. The van der Waals surface area contributed by atoms with Crippen LogP contribution in [0.4, 0.5) is 0 Å². The number of esters is 1. The van der Waals surface area contributed by atoms with E-state index in [9.17, 15) is 14.4 Å². The summed E-state index contributed by atoms with van der Waals surface area (Å²) in [4.78, 5) is 39.8. The Balaban J connectivity index is 1.51. The fourth-order valence-electron chi connectivity index (χ4n) is 8.38. The molecule has 0 amide bonds. The van der Waals surface area contributed by atoms with Gasteiger partial charge >= 0.3 is 5.97 Å². The molecular weight excluding hydrogens is 408 g/mol. The minimum Gasteiger partial charge on any atom is -0.472 e. The second-order valence-electron chi connectivity index (χ2n) is 11.8. The van der Waals surface area contributed by atoms with E-state index in [1.165, 1.54) is 0 Å². The van der Waals surface area contributed by atoms with Gasteiger partial charge in [-0.15, -0.1) is 0 Å². The molecule has 1 aromatic heterocycles. The van der Waals surface area contributed by atoms with Crippen molar-refractivity contribution in [2.45, 2.75) is 72.2 Å². The third-order valence-corrected chi connectivity index (χ3v) is 10.1. The van der Waals surface area contributed by atoms with Crippen LogP contribution in [-0.4, -0.2) is 29.7 Å². The van der Waals surface area contributed by atoms with Crippen molar-refractivity contribution in [1.82, 2.24) is 0 Å². The highest BCUT2D eigenvalue weighted by molar-refractivity contribution is 5.97. The summed E-state index contributed by atoms with van der Waals surface area (Å²) < 4.78 is 17.1. The Bertz CT molecular complexity index is 1080. The second kappa shape index (κ2) is 5.82. The first-order valence-electron chi connectivity index (χ1n) is 11.6. The fourth-order valence-corrected chi connectivity index (χ4v) is 8.38. The van der Waals surface area contributed by atoms with E-state index in [1.807, 2.05) is 26.8 Å². The lowest BCUT2D eigenvalue weighted by Crippen LogP contribution is -2.66. The molecule has 3 heterocycles. The monoisotopic (exact) mass is 438 g/mol. The van der Waals surface area contributed by atoms with Crippen LogP contribution in [0.3, 0.4) is 0 Å². The molecule has 4 fully saturated rings. The third kappa shape index (κ3) is 2.13. The Kier molecular flexibility index (Phi) is 3.71. The predicted molar refractivity (Wildman–Crippen MR) is 113 cm³/mol. The minimum atomic E-state index is -0.799. The van der Waals surface area contributed by atoms with Gasteiger partial charge in [-0.25, -0.2) is 4.79 Å². The zero-order valence-corrected chi connectivity index (χ0v) is 19.3. The molecule has 0 aromatic carbocycles. The van der Waals surface area contributed by atoms with Gasteiger partial charge in [0.1, 0.15) is 18.0 Å². The second-order valence-corrected chi connectivity index (χ2v) is 11.8. The highest BCUT2D eigenvalue weighted by Gasteiger charge is 2.77. The van der Waals surface area contributed by atoms with Gasteiger partial charge in [0.15, 0.2) is 5.78 Å². The zero-order valence-electron chi connectivity index (χ0n) is 19.3. The topological polar surface area (TPSA) is 86.1 Å². The Morgan fingerprint density at radius 3 is 2.47 bits per heavy atom. The summed E-state index contributed by atoms with van der Waals surface area (Å²) in [6, 6.07) is 1.83. The Hall–Kier alpha value is -2.21. The summed E-state index contributed by atoms with van der Waals surface area (Å²) in [6.45, 7) is 10.3. The Morgan fingerprint density at radius 2 is 1.78 bits per heavy atom. The molecule has 0 spiro atoms. The summed E-state index contributed by atoms with van der Waals surface area (Å²) in [7, 11) is 0. The first kappa shape index (κ1) is 20.4. The van der Waals surface area contributed by atoms with Crippen molar-refractivity contribution in [1.29, 1.82) is 0 Å². The number of fused-ring (bicyclic) bond motifs is 7. The van der Waals surface area contributed by atoms with E-state index in [0.29, 0.717) is 6.42 Å². The maximum Gasteiger partial charge on any atom is 0.331 e. The van der Waals surface area contributed by atoms with Crippen LogP contribution >= 0.6 is 0 Å². The average molecular weight is 439 g/mol. The molecule has 3 saturated carbocycles. The number of Topliss-reactive ketones (excluding diaryl/α,β-unsaturated/α-hetero) is 2. The molecule has 8 atom stereocenters. The minimum absolute atomic E-state index is 0.00107. The number of rotatable bonds is 1. The van der Waals surface area contributed by atoms with Crippen molar-refractivity contribution >= 4 is 17.5 Å². The van der Waals surface area contributed by atoms with Gasteiger partial charge in [0.25, 0.3) is 0 Å². The van der Waals surface area contributed by atoms with Gasteiger partial charge in [0.05, 0.1) is 24.0 Å². The van der Waals surface area contributed by atoms with E-state index in [1.54, 1.807) is 18.6 Å². The van der Waals surface area contributed by atoms with Crippen molar-refractivity contribution in [3.05, 3.63) is 35.8 Å². The van der Waals surface area contributed by atoms with Crippen LogP contribution in [0.15, 0.2) is 34.7 Å². The highest BCUT2D eigenvalue weighted by atomic mass is 16.6.